The fraction of sp³-hybridized carbons (Fsp3) is 0.800. The van der Waals surface area contributed by atoms with Crippen LogP contribution in [0.2, 0.25) is 0 Å². The second kappa shape index (κ2) is 3.35. The van der Waals surface area contributed by atoms with Gasteiger partial charge in [-0.25, -0.2) is 0 Å². The third-order valence-electron chi connectivity index (χ3n) is 1.65. The van der Waals surface area contributed by atoms with Gasteiger partial charge >= 0.3 is 5.97 Å². The van der Waals surface area contributed by atoms with Crippen LogP contribution in [0.15, 0.2) is 0 Å². The third-order valence-corrected chi connectivity index (χ3v) is 1.65. The van der Waals surface area contributed by atoms with Gasteiger partial charge in [0.15, 0.2) is 0 Å². The van der Waals surface area contributed by atoms with Crippen molar-refractivity contribution in [3.63, 3.8) is 0 Å². The van der Waals surface area contributed by atoms with E-state index >= 15 is 0 Å². The van der Waals surface area contributed by atoms with Crippen LogP contribution in [-0.2, 0) is 9.63 Å². The van der Waals surface area contributed by atoms with E-state index in [-0.39, 0.29) is 0 Å². The minimum Gasteiger partial charge on any atom is -0.480 e. The smallest absolute Gasteiger partial charge is 0.323 e. The minimum atomic E-state index is -1.13. The van der Waals surface area contributed by atoms with Crippen LogP contribution in [0.3, 0.4) is 0 Å². The van der Waals surface area contributed by atoms with Crippen LogP contribution in [0.5, 0.6) is 0 Å². The lowest BCUT2D eigenvalue weighted by Crippen LogP contribution is -2.40. The SMILES string of the molecule is O=C(O)[C@H]1NCCC1O[N+](=O)[O-]. The molecule has 0 aromatic rings. The molecule has 0 aliphatic carbocycles. The largest absolute Gasteiger partial charge is 0.480 e. The maximum atomic E-state index is 10.4. The van der Waals surface area contributed by atoms with Gasteiger partial charge in [0, 0.05) is 0 Å². The zero-order chi connectivity index (χ0) is 9.14. The molecule has 1 rings (SSSR count). The van der Waals surface area contributed by atoms with Crippen molar-refractivity contribution in [1.82, 2.24) is 5.32 Å². The van der Waals surface area contributed by atoms with E-state index in [9.17, 15) is 14.9 Å². The summed E-state index contributed by atoms with van der Waals surface area (Å²) in [7, 11) is 0. The molecule has 7 nitrogen and oxygen atoms in total. The number of aliphatic carboxylic acids is 1. The Balaban J connectivity index is 2.52. The number of carbonyl (C=O) groups is 1. The predicted molar refractivity (Wildman–Crippen MR) is 35.9 cm³/mol. The monoisotopic (exact) mass is 176 g/mol. The quantitative estimate of drug-likeness (QED) is 0.423. The second-order valence-corrected chi connectivity index (χ2v) is 2.43. The van der Waals surface area contributed by atoms with Gasteiger partial charge in [-0.2, -0.15) is 0 Å². The minimum absolute atomic E-state index is 0.345. The number of carboxylic acid groups (broad SMARTS) is 1. The van der Waals surface area contributed by atoms with Crippen LogP contribution in [0.4, 0.5) is 0 Å². The highest BCUT2D eigenvalue weighted by molar-refractivity contribution is 5.74. The molecule has 0 spiro atoms. The molecule has 68 valence electrons. The van der Waals surface area contributed by atoms with Crippen LogP contribution >= 0.6 is 0 Å². The molecule has 0 aromatic heterocycles. The molecule has 2 atom stereocenters. The van der Waals surface area contributed by atoms with Gasteiger partial charge in [0.05, 0.1) is 0 Å². The molecule has 1 aliphatic heterocycles. The molecule has 0 bridgehead atoms. The molecule has 0 radical (unpaired) electrons. The van der Waals surface area contributed by atoms with Crippen LogP contribution < -0.4 is 5.32 Å². The van der Waals surface area contributed by atoms with Gasteiger partial charge in [0.2, 0.25) is 0 Å². The Hall–Kier alpha value is -1.37. The number of carboxylic acids is 1. The summed E-state index contributed by atoms with van der Waals surface area (Å²) in [5.74, 6) is -1.13. The van der Waals surface area contributed by atoms with Crippen LogP contribution in [0, 0.1) is 10.1 Å². The number of hydrogen-bond acceptors (Lipinski definition) is 5. The standard InChI is InChI=1S/C5H8N2O5/c8-5(9)4-3(1-2-6-4)12-7(10)11/h3-4,6H,1-2H2,(H,8,9)/t3?,4-/m0/s1. The fourth-order valence-corrected chi connectivity index (χ4v) is 1.15. The Labute approximate surface area is 67.4 Å². The summed E-state index contributed by atoms with van der Waals surface area (Å²) < 4.78 is 0. The summed E-state index contributed by atoms with van der Waals surface area (Å²) in [6.07, 6.45) is -0.518. The number of rotatable bonds is 3. The Kier molecular flexibility index (Phi) is 2.44. The highest BCUT2D eigenvalue weighted by Gasteiger charge is 2.35. The molecule has 1 aliphatic rings. The summed E-state index contributed by atoms with van der Waals surface area (Å²) in [4.78, 5) is 24.5. The molecular weight excluding hydrogens is 168 g/mol. The van der Waals surface area contributed by atoms with Gasteiger partial charge in [0.1, 0.15) is 12.1 Å². The van der Waals surface area contributed by atoms with E-state index in [1.807, 2.05) is 0 Å². The Morgan fingerprint density at radius 2 is 2.42 bits per heavy atom. The molecule has 12 heavy (non-hydrogen) atoms. The molecule has 0 aromatic carbocycles. The first-order chi connectivity index (χ1) is 5.61. The van der Waals surface area contributed by atoms with E-state index in [4.69, 9.17) is 5.11 Å². The molecule has 2 N–H and O–H groups in total. The van der Waals surface area contributed by atoms with E-state index < -0.39 is 23.2 Å². The predicted octanol–water partition coefficient (Wildman–Crippen LogP) is -0.990. The van der Waals surface area contributed by atoms with Gasteiger partial charge in [-0.3, -0.25) is 4.79 Å². The van der Waals surface area contributed by atoms with Crippen molar-refractivity contribution < 1.29 is 19.8 Å². The van der Waals surface area contributed by atoms with E-state index in [2.05, 4.69) is 10.2 Å². The van der Waals surface area contributed by atoms with Crippen molar-refractivity contribution >= 4 is 5.97 Å². The number of nitrogens with zero attached hydrogens (tertiary/aromatic N) is 1. The van der Waals surface area contributed by atoms with E-state index in [0.29, 0.717) is 13.0 Å². The Morgan fingerprint density at radius 3 is 2.92 bits per heavy atom. The Bertz CT molecular complexity index is 206. The second-order valence-electron chi connectivity index (χ2n) is 2.43. The molecule has 0 amide bonds. The maximum absolute atomic E-state index is 10.4. The molecule has 1 heterocycles. The topological polar surface area (TPSA) is 102 Å². The lowest BCUT2D eigenvalue weighted by Gasteiger charge is -2.12. The van der Waals surface area contributed by atoms with Crippen molar-refractivity contribution in [2.24, 2.45) is 0 Å². The zero-order valence-electron chi connectivity index (χ0n) is 6.10. The lowest BCUT2D eigenvalue weighted by atomic mass is 10.2. The zero-order valence-corrected chi connectivity index (χ0v) is 6.10. The summed E-state index contributed by atoms with van der Waals surface area (Å²) in [6, 6.07) is -0.963. The van der Waals surface area contributed by atoms with Crippen LogP contribution in [-0.4, -0.2) is 34.9 Å². The summed E-state index contributed by atoms with van der Waals surface area (Å²) in [5.41, 5.74) is 0. The van der Waals surface area contributed by atoms with E-state index in [0.717, 1.165) is 0 Å². The summed E-state index contributed by atoms with van der Waals surface area (Å²) in [5, 5.41) is 20.0. The van der Waals surface area contributed by atoms with E-state index in [1.54, 1.807) is 0 Å². The van der Waals surface area contributed by atoms with Gasteiger partial charge < -0.3 is 15.3 Å². The van der Waals surface area contributed by atoms with Crippen LogP contribution in [0.1, 0.15) is 6.42 Å². The first-order valence-electron chi connectivity index (χ1n) is 3.38. The van der Waals surface area contributed by atoms with Gasteiger partial charge in [0.25, 0.3) is 5.09 Å². The highest BCUT2D eigenvalue weighted by Crippen LogP contribution is 2.11. The number of hydrogen-bond donors (Lipinski definition) is 2. The lowest BCUT2D eigenvalue weighted by molar-refractivity contribution is -0.768. The van der Waals surface area contributed by atoms with Crippen molar-refractivity contribution in [3.05, 3.63) is 10.1 Å². The normalized spacial score (nSPS) is 28.3. The molecule has 1 unspecified atom stereocenters. The van der Waals surface area contributed by atoms with Crippen molar-refractivity contribution in [2.75, 3.05) is 6.54 Å². The molecule has 0 saturated carbocycles. The van der Waals surface area contributed by atoms with Crippen molar-refractivity contribution in [3.8, 4) is 0 Å². The summed E-state index contributed by atoms with van der Waals surface area (Å²) in [6.45, 7) is 0.426. The molecule has 7 heteroatoms. The number of nitrogens with one attached hydrogen (secondary N) is 1. The fourth-order valence-electron chi connectivity index (χ4n) is 1.15. The van der Waals surface area contributed by atoms with Crippen molar-refractivity contribution in [2.45, 2.75) is 18.6 Å². The van der Waals surface area contributed by atoms with Gasteiger partial charge in [-0.05, 0) is 13.0 Å². The van der Waals surface area contributed by atoms with Crippen LogP contribution in [0.25, 0.3) is 0 Å². The average Bonchev–Trinajstić information content (AvgIpc) is 2.33. The van der Waals surface area contributed by atoms with E-state index in [1.165, 1.54) is 0 Å². The van der Waals surface area contributed by atoms with Gasteiger partial charge in [-0.1, -0.05) is 0 Å². The molecule has 1 saturated heterocycles. The van der Waals surface area contributed by atoms with Crippen molar-refractivity contribution in [1.29, 1.82) is 0 Å². The first-order valence-corrected chi connectivity index (χ1v) is 3.38. The molecule has 1 fully saturated rings. The third kappa shape index (κ3) is 1.82. The molecular formula is C5H8N2O5. The maximum Gasteiger partial charge on any atom is 0.323 e. The Morgan fingerprint density at radius 1 is 1.75 bits per heavy atom. The highest BCUT2D eigenvalue weighted by atomic mass is 17.0. The first kappa shape index (κ1) is 8.72. The van der Waals surface area contributed by atoms with Gasteiger partial charge in [-0.15, -0.1) is 10.1 Å². The summed E-state index contributed by atoms with van der Waals surface area (Å²) >= 11 is 0. The average molecular weight is 176 g/mol.